The molecule has 3 nitrogen and oxygen atoms in total. The van der Waals surface area contributed by atoms with E-state index in [1.54, 1.807) is 0 Å². The van der Waals surface area contributed by atoms with Crippen molar-refractivity contribution in [1.29, 1.82) is 0 Å². The highest BCUT2D eigenvalue weighted by Crippen LogP contribution is 2.23. The van der Waals surface area contributed by atoms with Crippen molar-refractivity contribution in [1.82, 2.24) is 10.2 Å². The maximum Gasteiger partial charge on any atom is 0.222 e. The van der Waals surface area contributed by atoms with Crippen LogP contribution in [0.2, 0.25) is 0 Å². The van der Waals surface area contributed by atoms with Gasteiger partial charge in [0.2, 0.25) is 5.91 Å². The molecule has 1 N–H and O–H groups in total. The number of likely N-dealkylation sites (tertiary alicyclic amines) is 1. The van der Waals surface area contributed by atoms with E-state index in [2.05, 4.69) is 17.1 Å². The molecule has 0 saturated carbocycles. The number of rotatable bonds is 1. The van der Waals surface area contributed by atoms with Gasteiger partial charge in [-0.2, -0.15) is 0 Å². The van der Waals surface area contributed by atoms with E-state index in [4.69, 9.17) is 0 Å². The Kier molecular flexibility index (Phi) is 2.54. The van der Waals surface area contributed by atoms with E-state index >= 15 is 0 Å². The molecule has 2 heterocycles. The lowest BCUT2D eigenvalue weighted by Gasteiger charge is -2.29. The molecule has 2 aliphatic heterocycles. The van der Waals surface area contributed by atoms with E-state index < -0.39 is 0 Å². The summed E-state index contributed by atoms with van der Waals surface area (Å²) in [6.45, 7) is 4.04. The number of amides is 1. The molecule has 0 bridgehead atoms. The maximum atomic E-state index is 11.7. The van der Waals surface area contributed by atoms with Gasteiger partial charge in [-0.25, -0.2) is 0 Å². The second-order valence-electron chi connectivity index (χ2n) is 3.99. The zero-order valence-electron chi connectivity index (χ0n) is 8.25. The number of nitrogens with zero attached hydrogens (tertiary/aromatic N) is 1. The molecule has 2 atom stereocenters. The van der Waals surface area contributed by atoms with Gasteiger partial charge < -0.3 is 10.2 Å². The summed E-state index contributed by atoms with van der Waals surface area (Å²) in [7, 11) is 0. The Hall–Kier alpha value is -0.570. The Morgan fingerprint density at radius 2 is 2.38 bits per heavy atom. The van der Waals surface area contributed by atoms with E-state index in [0.717, 1.165) is 32.4 Å². The SMILES string of the molecule is CCN1C(=O)CCCC2NCCC21. The average molecular weight is 182 g/mol. The maximum absolute atomic E-state index is 11.7. The highest BCUT2D eigenvalue weighted by molar-refractivity contribution is 5.77. The Balaban J connectivity index is 2.14. The number of hydrogen-bond acceptors (Lipinski definition) is 2. The molecule has 1 amide bonds. The van der Waals surface area contributed by atoms with Gasteiger partial charge in [0.1, 0.15) is 0 Å². The van der Waals surface area contributed by atoms with Crippen molar-refractivity contribution in [3.63, 3.8) is 0 Å². The first-order valence-corrected chi connectivity index (χ1v) is 5.35. The van der Waals surface area contributed by atoms with Gasteiger partial charge >= 0.3 is 0 Å². The molecule has 13 heavy (non-hydrogen) atoms. The first kappa shape index (κ1) is 9.00. The highest BCUT2D eigenvalue weighted by Gasteiger charge is 2.35. The van der Waals surface area contributed by atoms with Crippen LogP contribution in [0.25, 0.3) is 0 Å². The molecule has 74 valence electrons. The van der Waals surface area contributed by atoms with Gasteiger partial charge in [0.15, 0.2) is 0 Å². The van der Waals surface area contributed by atoms with E-state index in [1.807, 2.05) is 0 Å². The molecular formula is C10H18N2O. The minimum atomic E-state index is 0.360. The average Bonchev–Trinajstić information content (AvgIpc) is 2.50. The third kappa shape index (κ3) is 1.57. The van der Waals surface area contributed by atoms with Crippen LogP contribution in [0.15, 0.2) is 0 Å². The van der Waals surface area contributed by atoms with Gasteiger partial charge in [-0.15, -0.1) is 0 Å². The number of carbonyl (C=O) groups excluding carboxylic acids is 1. The lowest BCUT2D eigenvalue weighted by Crippen LogP contribution is -2.44. The van der Waals surface area contributed by atoms with Crippen LogP contribution in [0.1, 0.15) is 32.6 Å². The van der Waals surface area contributed by atoms with E-state index in [1.165, 1.54) is 6.42 Å². The van der Waals surface area contributed by atoms with Crippen molar-refractivity contribution in [3.8, 4) is 0 Å². The van der Waals surface area contributed by atoms with Gasteiger partial charge in [-0.1, -0.05) is 0 Å². The lowest BCUT2D eigenvalue weighted by molar-refractivity contribution is -0.132. The topological polar surface area (TPSA) is 32.3 Å². The van der Waals surface area contributed by atoms with Crippen molar-refractivity contribution in [2.45, 2.75) is 44.7 Å². The predicted molar refractivity (Wildman–Crippen MR) is 51.4 cm³/mol. The summed E-state index contributed by atoms with van der Waals surface area (Å²) in [6.07, 6.45) is 4.13. The van der Waals surface area contributed by atoms with Gasteiger partial charge in [0.05, 0.1) is 0 Å². The number of likely N-dealkylation sites (N-methyl/N-ethyl adjacent to an activating group) is 1. The van der Waals surface area contributed by atoms with E-state index in [0.29, 0.717) is 18.0 Å². The summed E-state index contributed by atoms with van der Waals surface area (Å²) in [4.78, 5) is 13.8. The fourth-order valence-electron chi connectivity index (χ4n) is 2.63. The Labute approximate surface area is 79.5 Å². The molecule has 2 aliphatic rings. The molecule has 2 saturated heterocycles. The number of fused-ring (bicyclic) bond motifs is 1. The van der Waals surface area contributed by atoms with Crippen LogP contribution in [0.5, 0.6) is 0 Å². The fraction of sp³-hybridized carbons (Fsp3) is 0.900. The summed E-state index contributed by atoms with van der Waals surface area (Å²) in [5.74, 6) is 0.360. The van der Waals surface area contributed by atoms with Crippen LogP contribution in [-0.4, -0.2) is 36.0 Å². The van der Waals surface area contributed by atoms with Crippen molar-refractivity contribution >= 4 is 5.91 Å². The predicted octanol–water partition coefficient (Wildman–Crippen LogP) is 0.749. The second kappa shape index (κ2) is 3.66. The van der Waals surface area contributed by atoms with Gasteiger partial charge in [-0.05, 0) is 32.7 Å². The number of carbonyl (C=O) groups is 1. The van der Waals surface area contributed by atoms with Crippen LogP contribution in [-0.2, 0) is 4.79 Å². The fourth-order valence-corrected chi connectivity index (χ4v) is 2.63. The molecular weight excluding hydrogens is 164 g/mol. The van der Waals surface area contributed by atoms with E-state index in [-0.39, 0.29) is 0 Å². The van der Waals surface area contributed by atoms with Crippen LogP contribution < -0.4 is 5.32 Å². The third-order valence-electron chi connectivity index (χ3n) is 3.28. The molecule has 0 aromatic heterocycles. The normalized spacial score (nSPS) is 34.5. The van der Waals surface area contributed by atoms with E-state index in [9.17, 15) is 4.79 Å². The first-order chi connectivity index (χ1) is 6.33. The first-order valence-electron chi connectivity index (χ1n) is 5.35. The van der Waals surface area contributed by atoms with Crippen molar-refractivity contribution in [3.05, 3.63) is 0 Å². The minimum absolute atomic E-state index is 0.360. The van der Waals surface area contributed by atoms with Gasteiger partial charge in [-0.3, -0.25) is 4.79 Å². The summed E-state index contributed by atoms with van der Waals surface area (Å²) < 4.78 is 0. The summed E-state index contributed by atoms with van der Waals surface area (Å²) in [5, 5.41) is 3.49. The molecule has 2 rings (SSSR count). The van der Waals surface area contributed by atoms with Crippen LogP contribution in [0.4, 0.5) is 0 Å². The van der Waals surface area contributed by atoms with Crippen LogP contribution in [0.3, 0.4) is 0 Å². The quantitative estimate of drug-likeness (QED) is 0.649. The monoisotopic (exact) mass is 182 g/mol. The smallest absolute Gasteiger partial charge is 0.222 e. The zero-order valence-corrected chi connectivity index (χ0v) is 8.25. The minimum Gasteiger partial charge on any atom is -0.338 e. The molecule has 0 aromatic carbocycles. The van der Waals surface area contributed by atoms with Gasteiger partial charge in [0, 0.05) is 25.0 Å². The molecule has 0 aromatic rings. The largest absolute Gasteiger partial charge is 0.338 e. The molecule has 3 heteroatoms. The van der Waals surface area contributed by atoms with Crippen LogP contribution in [0, 0.1) is 0 Å². The standard InChI is InChI=1S/C10H18N2O/c1-2-12-9-6-7-11-8(9)4-3-5-10(12)13/h8-9,11H,2-7H2,1H3. The Morgan fingerprint density at radius 1 is 1.54 bits per heavy atom. The number of nitrogens with one attached hydrogen (secondary N) is 1. The van der Waals surface area contributed by atoms with Crippen LogP contribution >= 0.6 is 0 Å². The number of hydrogen-bond donors (Lipinski definition) is 1. The Bertz CT molecular complexity index is 205. The van der Waals surface area contributed by atoms with Gasteiger partial charge in [0.25, 0.3) is 0 Å². The van der Waals surface area contributed by atoms with Crippen molar-refractivity contribution < 1.29 is 4.79 Å². The molecule has 0 radical (unpaired) electrons. The summed E-state index contributed by atoms with van der Waals surface area (Å²) in [5.41, 5.74) is 0. The third-order valence-corrected chi connectivity index (χ3v) is 3.28. The molecule has 2 fully saturated rings. The van der Waals surface area contributed by atoms with Crippen molar-refractivity contribution in [2.75, 3.05) is 13.1 Å². The second-order valence-corrected chi connectivity index (χ2v) is 3.99. The lowest BCUT2D eigenvalue weighted by atomic mass is 10.1. The molecule has 0 spiro atoms. The highest BCUT2D eigenvalue weighted by atomic mass is 16.2. The molecule has 0 aliphatic carbocycles. The molecule has 2 unspecified atom stereocenters. The zero-order chi connectivity index (χ0) is 9.26. The summed E-state index contributed by atoms with van der Waals surface area (Å²) in [6, 6.07) is 1.06. The van der Waals surface area contributed by atoms with Crippen molar-refractivity contribution in [2.24, 2.45) is 0 Å². The Morgan fingerprint density at radius 3 is 3.15 bits per heavy atom. The summed E-state index contributed by atoms with van der Waals surface area (Å²) >= 11 is 0.